The molecule has 0 aromatic heterocycles. The third-order valence-corrected chi connectivity index (χ3v) is 4.68. The molecule has 0 radical (unpaired) electrons. The Morgan fingerprint density at radius 1 is 1.06 bits per heavy atom. The standard InChI is InChI=1S/C25H21ClN2O5/c1-3-14-32-19-11-9-18(10-12-19)24(29)28-27-16-17-8-13-22(23(15-17)31-2)33-25(30)20-6-4-5-7-21(20)26/h3-13,15-16H,1,14H2,2H3,(H,28,29)/b27-16+. The van der Waals surface area contributed by atoms with Crippen molar-refractivity contribution in [2.75, 3.05) is 13.7 Å². The highest BCUT2D eigenvalue weighted by molar-refractivity contribution is 6.33. The largest absolute Gasteiger partial charge is 0.493 e. The summed E-state index contributed by atoms with van der Waals surface area (Å²) in [5.41, 5.74) is 3.75. The lowest BCUT2D eigenvalue weighted by Crippen LogP contribution is -2.17. The van der Waals surface area contributed by atoms with Crippen molar-refractivity contribution in [3.63, 3.8) is 0 Å². The zero-order chi connectivity index (χ0) is 23.6. The molecule has 0 aliphatic rings. The molecule has 0 fully saturated rings. The smallest absolute Gasteiger partial charge is 0.345 e. The highest BCUT2D eigenvalue weighted by Gasteiger charge is 2.15. The first kappa shape index (κ1) is 23.6. The minimum absolute atomic E-state index is 0.224. The molecule has 7 nitrogen and oxygen atoms in total. The SMILES string of the molecule is C=CCOc1ccc(C(=O)N/N=C/c2ccc(OC(=O)c3ccccc3Cl)c(OC)c2)cc1. The Kier molecular flexibility index (Phi) is 8.21. The van der Waals surface area contributed by atoms with Gasteiger partial charge in [0.25, 0.3) is 5.91 Å². The highest BCUT2D eigenvalue weighted by atomic mass is 35.5. The molecular formula is C25H21ClN2O5. The lowest BCUT2D eigenvalue weighted by Gasteiger charge is -2.10. The van der Waals surface area contributed by atoms with Crippen LogP contribution in [0.2, 0.25) is 5.02 Å². The molecule has 1 N–H and O–H groups in total. The minimum Gasteiger partial charge on any atom is -0.493 e. The number of benzene rings is 3. The van der Waals surface area contributed by atoms with Crippen molar-refractivity contribution in [2.24, 2.45) is 5.10 Å². The maximum atomic E-state index is 12.4. The number of rotatable bonds is 9. The molecule has 3 rings (SSSR count). The Balaban J connectivity index is 1.63. The number of esters is 1. The fourth-order valence-electron chi connectivity index (χ4n) is 2.72. The number of amides is 1. The van der Waals surface area contributed by atoms with Crippen LogP contribution in [-0.2, 0) is 0 Å². The molecule has 1 amide bonds. The predicted molar refractivity (Wildman–Crippen MR) is 127 cm³/mol. The van der Waals surface area contributed by atoms with E-state index in [0.29, 0.717) is 34.3 Å². The summed E-state index contributed by atoms with van der Waals surface area (Å²) < 4.78 is 16.1. The van der Waals surface area contributed by atoms with Crippen LogP contribution in [0.5, 0.6) is 17.2 Å². The maximum absolute atomic E-state index is 12.4. The van der Waals surface area contributed by atoms with E-state index < -0.39 is 5.97 Å². The summed E-state index contributed by atoms with van der Waals surface area (Å²) in [4.78, 5) is 24.6. The Morgan fingerprint density at radius 2 is 1.82 bits per heavy atom. The third-order valence-electron chi connectivity index (χ3n) is 4.35. The maximum Gasteiger partial charge on any atom is 0.345 e. The molecule has 0 saturated heterocycles. The number of hydrazone groups is 1. The van der Waals surface area contributed by atoms with Gasteiger partial charge in [-0.2, -0.15) is 5.10 Å². The topological polar surface area (TPSA) is 86.2 Å². The summed E-state index contributed by atoms with van der Waals surface area (Å²) in [7, 11) is 1.45. The zero-order valence-electron chi connectivity index (χ0n) is 17.8. The average Bonchev–Trinajstić information content (AvgIpc) is 2.84. The summed E-state index contributed by atoms with van der Waals surface area (Å²) in [5, 5.41) is 4.26. The first-order valence-electron chi connectivity index (χ1n) is 9.83. The monoisotopic (exact) mass is 464 g/mol. The summed E-state index contributed by atoms with van der Waals surface area (Å²) in [6, 6.07) is 18.1. The first-order valence-corrected chi connectivity index (χ1v) is 10.2. The van der Waals surface area contributed by atoms with E-state index in [1.54, 1.807) is 72.8 Å². The van der Waals surface area contributed by atoms with Crippen LogP contribution in [0, 0.1) is 0 Å². The molecule has 168 valence electrons. The van der Waals surface area contributed by atoms with Gasteiger partial charge in [-0.15, -0.1) is 0 Å². The zero-order valence-corrected chi connectivity index (χ0v) is 18.5. The van der Waals surface area contributed by atoms with E-state index in [-0.39, 0.29) is 17.2 Å². The van der Waals surface area contributed by atoms with Crippen LogP contribution in [-0.4, -0.2) is 31.8 Å². The lowest BCUT2D eigenvalue weighted by atomic mass is 10.2. The van der Waals surface area contributed by atoms with Crippen molar-refractivity contribution < 1.29 is 23.8 Å². The van der Waals surface area contributed by atoms with Gasteiger partial charge in [0.2, 0.25) is 0 Å². The van der Waals surface area contributed by atoms with E-state index in [4.69, 9.17) is 25.8 Å². The minimum atomic E-state index is -0.603. The second kappa shape index (κ2) is 11.5. The number of methoxy groups -OCH3 is 1. The van der Waals surface area contributed by atoms with E-state index >= 15 is 0 Å². The normalized spacial score (nSPS) is 10.5. The highest BCUT2D eigenvalue weighted by Crippen LogP contribution is 2.29. The van der Waals surface area contributed by atoms with Crippen LogP contribution in [0.4, 0.5) is 0 Å². The Labute approximate surface area is 196 Å². The van der Waals surface area contributed by atoms with Crippen LogP contribution in [0.15, 0.2) is 84.5 Å². The molecule has 0 unspecified atom stereocenters. The van der Waals surface area contributed by atoms with E-state index in [1.807, 2.05) is 0 Å². The third kappa shape index (κ3) is 6.44. The van der Waals surface area contributed by atoms with Crippen molar-refractivity contribution >= 4 is 29.7 Å². The van der Waals surface area contributed by atoms with Gasteiger partial charge in [0.1, 0.15) is 12.4 Å². The molecule has 0 saturated carbocycles. The van der Waals surface area contributed by atoms with Gasteiger partial charge in [-0.3, -0.25) is 4.79 Å². The number of carbonyl (C=O) groups is 2. The second-order valence-corrected chi connectivity index (χ2v) is 7.01. The number of nitrogens with zero attached hydrogens (tertiary/aromatic N) is 1. The van der Waals surface area contributed by atoms with Crippen molar-refractivity contribution in [3.8, 4) is 17.2 Å². The fraction of sp³-hybridized carbons (Fsp3) is 0.0800. The number of halogens is 1. The molecule has 0 heterocycles. The number of nitrogens with one attached hydrogen (secondary N) is 1. The first-order chi connectivity index (χ1) is 16.0. The van der Waals surface area contributed by atoms with Gasteiger partial charge in [-0.25, -0.2) is 10.2 Å². The van der Waals surface area contributed by atoms with Crippen molar-refractivity contribution in [1.29, 1.82) is 0 Å². The molecule has 0 spiro atoms. The Bertz CT molecular complexity index is 1180. The van der Waals surface area contributed by atoms with Crippen molar-refractivity contribution in [1.82, 2.24) is 5.43 Å². The van der Waals surface area contributed by atoms with Crippen molar-refractivity contribution in [2.45, 2.75) is 0 Å². The second-order valence-electron chi connectivity index (χ2n) is 6.60. The Morgan fingerprint density at radius 3 is 2.52 bits per heavy atom. The number of hydrogen-bond donors (Lipinski definition) is 1. The Hall–Kier alpha value is -4.10. The molecule has 0 bridgehead atoms. The van der Waals surface area contributed by atoms with E-state index in [1.165, 1.54) is 13.3 Å². The van der Waals surface area contributed by atoms with Crippen LogP contribution in [0.1, 0.15) is 26.3 Å². The van der Waals surface area contributed by atoms with Gasteiger partial charge < -0.3 is 14.2 Å². The average molecular weight is 465 g/mol. The van der Waals surface area contributed by atoms with E-state index in [9.17, 15) is 9.59 Å². The van der Waals surface area contributed by atoms with Gasteiger partial charge in [-0.05, 0) is 60.2 Å². The molecule has 0 atom stereocenters. The summed E-state index contributed by atoms with van der Waals surface area (Å²) in [6.45, 7) is 3.97. The molecule has 33 heavy (non-hydrogen) atoms. The molecule has 3 aromatic carbocycles. The van der Waals surface area contributed by atoms with Crippen LogP contribution >= 0.6 is 11.6 Å². The molecule has 0 aliphatic heterocycles. The molecule has 0 aliphatic carbocycles. The predicted octanol–water partition coefficient (Wildman–Crippen LogP) is 4.90. The van der Waals surface area contributed by atoms with Gasteiger partial charge in [0.05, 0.1) is 23.9 Å². The molecule has 8 heteroatoms. The van der Waals surface area contributed by atoms with E-state index in [2.05, 4.69) is 17.1 Å². The van der Waals surface area contributed by atoms with Gasteiger partial charge >= 0.3 is 5.97 Å². The summed E-state index contributed by atoms with van der Waals surface area (Å²) in [6.07, 6.45) is 3.08. The number of ether oxygens (including phenoxy) is 3. The van der Waals surface area contributed by atoms with Crippen molar-refractivity contribution in [3.05, 3.63) is 101 Å². The molecule has 3 aromatic rings. The fourth-order valence-corrected chi connectivity index (χ4v) is 2.93. The number of hydrogen-bond acceptors (Lipinski definition) is 6. The van der Waals surface area contributed by atoms with E-state index in [0.717, 1.165) is 0 Å². The van der Waals surface area contributed by atoms with Crippen LogP contribution in [0.25, 0.3) is 0 Å². The number of carbonyl (C=O) groups excluding carboxylic acids is 2. The van der Waals surface area contributed by atoms with Gasteiger partial charge in [0, 0.05) is 5.56 Å². The van der Waals surface area contributed by atoms with Crippen LogP contribution < -0.4 is 19.6 Å². The lowest BCUT2D eigenvalue weighted by molar-refractivity contribution is 0.0729. The molecular weight excluding hydrogens is 444 g/mol. The summed E-state index contributed by atoms with van der Waals surface area (Å²) >= 11 is 6.05. The van der Waals surface area contributed by atoms with Crippen LogP contribution in [0.3, 0.4) is 0 Å². The quantitative estimate of drug-likeness (QED) is 0.160. The van der Waals surface area contributed by atoms with Gasteiger partial charge in [-0.1, -0.05) is 36.4 Å². The van der Waals surface area contributed by atoms with Gasteiger partial charge in [0.15, 0.2) is 11.5 Å². The summed E-state index contributed by atoms with van der Waals surface area (Å²) in [5.74, 6) is 0.202.